The standard InChI is InChI=1S/C17H31NO2/c1-14-6-8-17(13-19,9-7-14)12-18-10-11-20-16-5-3-2-4-15(16)18/h14-16,19H,2-13H2,1H3. The summed E-state index contributed by atoms with van der Waals surface area (Å²) in [5.74, 6) is 0.849. The molecule has 3 fully saturated rings. The molecule has 116 valence electrons. The van der Waals surface area contributed by atoms with Gasteiger partial charge in [0.1, 0.15) is 0 Å². The Hall–Kier alpha value is -0.120. The van der Waals surface area contributed by atoms with Crippen LogP contribution in [0.15, 0.2) is 0 Å². The van der Waals surface area contributed by atoms with Crippen LogP contribution >= 0.6 is 0 Å². The normalized spacial score (nSPS) is 43.2. The molecule has 3 nitrogen and oxygen atoms in total. The van der Waals surface area contributed by atoms with Crippen LogP contribution in [-0.4, -0.2) is 48.5 Å². The van der Waals surface area contributed by atoms with Crippen LogP contribution in [-0.2, 0) is 4.74 Å². The molecule has 2 saturated carbocycles. The van der Waals surface area contributed by atoms with Crippen molar-refractivity contribution in [1.29, 1.82) is 0 Å². The number of fused-ring (bicyclic) bond motifs is 1. The Balaban J connectivity index is 1.65. The Morgan fingerprint density at radius 1 is 1.15 bits per heavy atom. The Morgan fingerprint density at radius 3 is 2.65 bits per heavy atom. The van der Waals surface area contributed by atoms with Gasteiger partial charge in [0.05, 0.1) is 12.7 Å². The van der Waals surface area contributed by atoms with Gasteiger partial charge in [0.2, 0.25) is 0 Å². The van der Waals surface area contributed by atoms with E-state index in [1.807, 2.05) is 0 Å². The Kier molecular flexibility index (Phi) is 4.68. The lowest BCUT2D eigenvalue weighted by molar-refractivity contribution is -0.107. The van der Waals surface area contributed by atoms with Crippen molar-refractivity contribution in [3.8, 4) is 0 Å². The van der Waals surface area contributed by atoms with Crippen molar-refractivity contribution in [1.82, 2.24) is 4.90 Å². The number of hydrogen-bond acceptors (Lipinski definition) is 3. The number of morpholine rings is 1. The quantitative estimate of drug-likeness (QED) is 0.863. The van der Waals surface area contributed by atoms with E-state index < -0.39 is 0 Å². The van der Waals surface area contributed by atoms with Gasteiger partial charge in [-0.15, -0.1) is 0 Å². The van der Waals surface area contributed by atoms with Crippen molar-refractivity contribution in [3.05, 3.63) is 0 Å². The largest absolute Gasteiger partial charge is 0.396 e. The number of ether oxygens (including phenoxy) is 1. The molecule has 2 aliphatic carbocycles. The lowest BCUT2D eigenvalue weighted by Crippen LogP contribution is -2.56. The molecular weight excluding hydrogens is 250 g/mol. The van der Waals surface area contributed by atoms with Gasteiger partial charge in [0.15, 0.2) is 0 Å². The Morgan fingerprint density at radius 2 is 1.90 bits per heavy atom. The fourth-order valence-corrected chi connectivity index (χ4v) is 4.54. The van der Waals surface area contributed by atoms with Crippen molar-refractivity contribution in [2.45, 2.75) is 70.4 Å². The zero-order valence-electron chi connectivity index (χ0n) is 13.0. The van der Waals surface area contributed by atoms with Gasteiger partial charge in [-0.25, -0.2) is 0 Å². The first-order chi connectivity index (χ1) is 9.72. The lowest BCUT2D eigenvalue weighted by atomic mass is 9.70. The van der Waals surface area contributed by atoms with E-state index in [4.69, 9.17) is 4.74 Å². The van der Waals surface area contributed by atoms with Crippen LogP contribution in [0.2, 0.25) is 0 Å². The molecule has 1 N–H and O–H groups in total. The molecular formula is C17H31NO2. The number of hydrogen-bond donors (Lipinski definition) is 1. The summed E-state index contributed by atoms with van der Waals surface area (Å²) in [5.41, 5.74) is 0.172. The summed E-state index contributed by atoms with van der Waals surface area (Å²) >= 11 is 0. The zero-order chi connectivity index (χ0) is 14.0. The monoisotopic (exact) mass is 281 g/mol. The van der Waals surface area contributed by atoms with Crippen molar-refractivity contribution >= 4 is 0 Å². The van der Waals surface area contributed by atoms with Gasteiger partial charge in [0, 0.05) is 31.2 Å². The smallest absolute Gasteiger partial charge is 0.0730 e. The van der Waals surface area contributed by atoms with Crippen LogP contribution in [0.4, 0.5) is 0 Å². The van der Waals surface area contributed by atoms with Crippen molar-refractivity contribution < 1.29 is 9.84 Å². The van der Waals surface area contributed by atoms with Crippen LogP contribution in [0.5, 0.6) is 0 Å². The minimum Gasteiger partial charge on any atom is -0.396 e. The summed E-state index contributed by atoms with van der Waals surface area (Å²) in [4.78, 5) is 2.67. The second kappa shape index (κ2) is 6.33. The van der Waals surface area contributed by atoms with Gasteiger partial charge in [-0.1, -0.05) is 32.6 Å². The lowest BCUT2D eigenvalue weighted by Gasteiger charge is -2.49. The highest BCUT2D eigenvalue weighted by Gasteiger charge is 2.40. The van der Waals surface area contributed by atoms with E-state index in [2.05, 4.69) is 11.8 Å². The van der Waals surface area contributed by atoms with E-state index in [-0.39, 0.29) is 5.41 Å². The summed E-state index contributed by atoms with van der Waals surface area (Å²) in [6.07, 6.45) is 10.7. The van der Waals surface area contributed by atoms with E-state index in [1.54, 1.807) is 0 Å². The number of aliphatic hydroxyl groups excluding tert-OH is 1. The first kappa shape index (κ1) is 14.8. The molecule has 0 spiro atoms. The Bertz CT molecular complexity index is 310. The zero-order valence-corrected chi connectivity index (χ0v) is 13.0. The molecule has 2 atom stereocenters. The molecule has 20 heavy (non-hydrogen) atoms. The second-order valence-corrected chi connectivity index (χ2v) is 7.57. The average Bonchev–Trinajstić information content (AvgIpc) is 2.50. The molecule has 3 heteroatoms. The molecule has 0 aromatic rings. The van der Waals surface area contributed by atoms with E-state index in [0.29, 0.717) is 18.8 Å². The molecule has 0 aromatic heterocycles. The minimum absolute atomic E-state index is 0.172. The first-order valence-corrected chi connectivity index (χ1v) is 8.69. The number of rotatable bonds is 3. The first-order valence-electron chi connectivity index (χ1n) is 8.69. The van der Waals surface area contributed by atoms with Crippen LogP contribution in [0, 0.1) is 11.3 Å². The summed E-state index contributed by atoms with van der Waals surface area (Å²) in [6, 6.07) is 0.625. The van der Waals surface area contributed by atoms with Gasteiger partial charge >= 0.3 is 0 Å². The van der Waals surface area contributed by atoms with Gasteiger partial charge in [-0.2, -0.15) is 0 Å². The highest BCUT2D eigenvalue weighted by atomic mass is 16.5. The summed E-state index contributed by atoms with van der Waals surface area (Å²) in [5, 5.41) is 10.00. The summed E-state index contributed by atoms with van der Waals surface area (Å²) in [7, 11) is 0. The molecule has 0 radical (unpaired) electrons. The van der Waals surface area contributed by atoms with Crippen molar-refractivity contribution in [2.24, 2.45) is 11.3 Å². The maximum Gasteiger partial charge on any atom is 0.0730 e. The predicted molar refractivity (Wildman–Crippen MR) is 80.7 cm³/mol. The third-order valence-electron chi connectivity index (χ3n) is 6.06. The third kappa shape index (κ3) is 3.05. The van der Waals surface area contributed by atoms with E-state index in [1.165, 1.54) is 51.4 Å². The SMILES string of the molecule is CC1CCC(CO)(CN2CCOC3CCCCC32)CC1. The Labute approximate surface area is 123 Å². The maximum atomic E-state index is 10.00. The van der Waals surface area contributed by atoms with E-state index in [9.17, 15) is 5.11 Å². The van der Waals surface area contributed by atoms with Crippen LogP contribution in [0.3, 0.4) is 0 Å². The fourth-order valence-electron chi connectivity index (χ4n) is 4.54. The minimum atomic E-state index is 0.172. The van der Waals surface area contributed by atoms with Gasteiger partial charge in [-0.05, 0) is 31.6 Å². The number of aliphatic hydroxyl groups is 1. The third-order valence-corrected chi connectivity index (χ3v) is 6.06. The van der Waals surface area contributed by atoms with Crippen molar-refractivity contribution in [3.63, 3.8) is 0 Å². The average molecular weight is 281 g/mol. The molecule has 1 saturated heterocycles. The fraction of sp³-hybridized carbons (Fsp3) is 1.00. The van der Waals surface area contributed by atoms with E-state index in [0.717, 1.165) is 25.6 Å². The predicted octanol–water partition coefficient (Wildman–Crippen LogP) is 2.82. The maximum absolute atomic E-state index is 10.00. The van der Waals surface area contributed by atoms with Crippen molar-refractivity contribution in [2.75, 3.05) is 26.3 Å². The van der Waals surface area contributed by atoms with Crippen LogP contribution in [0.1, 0.15) is 58.3 Å². The molecule has 0 amide bonds. The highest BCUT2D eigenvalue weighted by Crippen LogP contribution is 2.41. The molecule has 0 bridgehead atoms. The molecule has 3 rings (SSSR count). The molecule has 1 aliphatic heterocycles. The summed E-state index contributed by atoms with van der Waals surface area (Å²) in [6.45, 7) is 5.78. The van der Waals surface area contributed by atoms with Crippen LogP contribution < -0.4 is 0 Å². The second-order valence-electron chi connectivity index (χ2n) is 7.57. The molecule has 2 unspecified atom stereocenters. The summed E-state index contributed by atoms with van der Waals surface area (Å²) < 4.78 is 5.98. The van der Waals surface area contributed by atoms with Gasteiger partial charge in [-0.3, -0.25) is 4.90 Å². The van der Waals surface area contributed by atoms with Crippen LogP contribution in [0.25, 0.3) is 0 Å². The number of nitrogens with zero attached hydrogens (tertiary/aromatic N) is 1. The van der Waals surface area contributed by atoms with E-state index >= 15 is 0 Å². The topological polar surface area (TPSA) is 32.7 Å². The van der Waals surface area contributed by atoms with Gasteiger partial charge < -0.3 is 9.84 Å². The highest BCUT2D eigenvalue weighted by molar-refractivity contribution is 4.93. The molecule has 0 aromatic carbocycles. The molecule has 3 aliphatic rings. The molecule has 1 heterocycles. The van der Waals surface area contributed by atoms with Gasteiger partial charge in [0.25, 0.3) is 0 Å².